The third kappa shape index (κ3) is 4.51. The lowest BCUT2D eigenvalue weighted by atomic mass is 10.1. The van der Waals surface area contributed by atoms with Gasteiger partial charge in [0.25, 0.3) is 0 Å². The van der Waals surface area contributed by atoms with Crippen LogP contribution in [-0.2, 0) is 24.3 Å². The fourth-order valence-corrected chi connectivity index (χ4v) is 1.95. The molecule has 0 fully saturated rings. The van der Waals surface area contributed by atoms with Gasteiger partial charge in [-0.1, -0.05) is 24.3 Å². The Bertz CT molecular complexity index is 519. The SMILES string of the molecule is NCc1ccc(CC(=O)NCCCn2ccnc2)cc1. The number of carbonyl (C=O) groups is 1. The third-order valence-electron chi connectivity index (χ3n) is 3.10. The Hall–Kier alpha value is -2.14. The summed E-state index contributed by atoms with van der Waals surface area (Å²) in [6.45, 7) is 2.07. The van der Waals surface area contributed by atoms with Gasteiger partial charge in [-0.05, 0) is 17.5 Å². The highest BCUT2D eigenvalue weighted by atomic mass is 16.1. The Morgan fingerprint density at radius 1 is 1.25 bits per heavy atom. The summed E-state index contributed by atoms with van der Waals surface area (Å²) in [5.41, 5.74) is 7.62. The Balaban J connectivity index is 1.66. The van der Waals surface area contributed by atoms with E-state index < -0.39 is 0 Å². The highest BCUT2D eigenvalue weighted by molar-refractivity contribution is 5.78. The van der Waals surface area contributed by atoms with Crippen molar-refractivity contribution in [1.82, 2.24) is 14.9 Å². The Labute approximate surface area is 118 Å². The van der Waals surface area contributed by atoms with Crippen LogP contribution in [0.1, 0.15) is 17.5 Å². The van der Waals surface area contributed by atoms with E-state index in [9.17, 15) is 4.79 Å². The molecule has 0 radical (unpaired) electrons. The molecule has 1 heterocycles. The van der Waals surface area contributed by atoms with Crippen LogP contribution in [0.3, 0.4) is 0 Å². The Morgan fingerprint density at radius 2 is 2.00 bits per heavy atom. The topological polar surface area (TPSA) is 72.9 Å². The summed E-state index contributed by atoms with van der Waals surface area (Å²) in [7, 11) is 0. The van der Waals surface area contributed by atoms with Gasteiger partial charge >= 0.3 is 0 Å². The van der Waals surface area contributed by atoms with Crippen LogP contribution in [0, 0.1) is 0 Å². The van der Waals surface area contributed by atoms with Crippen LogP contribution in [-0.4, -0.2) is 22.0 Å². The molecular weight excluding hydrogens is 252 g/mol. The van der Waals surface area contributed by atoms with Gasteiger partial charge in [0.05, 0.1) is 12.7 Å². The van der Waals surface area contributed by atoms with Crippen LogP contribution in [0.25, 0.3) is 0 Å². The number of aryl methyl sites for hydroxylation is 1. The molecule has 106 valence electrons. The lowest BCUT2D eigenvalue weighted by Gasteiger charge is -2.06. The number of nitrogens with zero attached hydrogens (tertiary/aromatic N) is 2. The Morgan fingerprint density at radius 3 is 2.65 bits per heavy atom. The van der Waals surface area contributed by atoms with E-state index in [1.165, 1.54) is 0 Å². The van der Waals surface area contributed by atoms with E-state index in [1.807, 2.05) is 35.0 Å². The van der Waals surface area contributed by atoms with Crippen LogP contribution in [0.5, 0.6) is 0 Å². The molecule has 0 aliphatic carbocycles. The number of imidazole rings is 1. The number of hydrogen-bond donors (Lipinski definition) is 2. The van der Waals surface area contributed by atoms with E-state index in [0.717, 1.165) is 24.1 Å². The minimum absolute atomic E-state index is 0.0520. The molecule has 0 spiro atoms. The highest BCUT2D eigenvalue weighted by Crippen LogP contribution is 2.04. The first-order valence-electron chi connectivity index (χ1n) is 6.78. The first-order chi connectivity index (χ1) is 9.78. The fourth-order valence-electron chi connectivity index (χ4n) is 1.95. The van der Waals surface area contributed by atoms with Gasteiger partial charge in [0, 0.05) is 32.0 Å². The molecule has 5 nitrogen and oxygen atoms in total. The summed E-state index contributed by atoms with van der Waals surface area (Å²) in [4.78, 5) is 15.7. The van der Waals surface area contributed by atoms with Crippen LogP contribution in [0.15, 0.2) is 43.0 Å². The van der Waals surface area contributed by atoms with Crippen molar-refractivity contribution in [3.8, 4) is 0 Å². The van der Waals surface area contributed by atoms with Gasteiger partial charge in [-0.2, -0.15) is 0 Å². The average molecular weight is 272 g/mol. The van der Waals surface area contributed by atoms with Crippen LogP contribution < -0.4 is 11.1 Å². The van der Waals surface area contributed by atoms with E-state index in [4.69, 9.17) is 5.73 Å². The molecule has 0 unspecified atom stereocenters. The molecule has 2 aromatic rings. The average Bonchev–Trinajstić information content (AvgIpc) is 2.98. The monoisotopic (exact) mass is 272 g/mol. The zero-order chi connectivity index (χ0) is 14.2. The number of hydrogen-bond acceptors (Lipinski definition) is 3. The molecule has 0 atom stereocenters. The molecule has 0 aliphatic rings. The number of carbonyl (C=O) groups excluding carboxylic acids is 1. The second kappa shape index (κ2) is 7.45. The number of nitrogens with one attached hydrogen (secondary N) is 1. The van der Waals surface area contributed by atoms with Crippen molar-refractivity contribution >= 4 is 5.91 Å². The highest BCUT2D eigenvalue weighted by Gasteiger charge is 2.02. The van der Waals surface area contributed by atoms with Gasteiger partial charge in [0.2, 0.25) is 5.91 Å². The molecule has 3 N–H and O–H groups in total. The summed E-state index contributed by atoms with van der Waals surface area (Å²) in [6.07, 6.45) is 6.76. The summed E-state index contributed by atoms with van der Waals surface area (Å²) in [6, 6.07) is 7.82. The molecule has 0 saturated carbocycles. The van der Waals surface area contributed by atoms with E-state index in [2.05, 4.69) is 10.3 Å². The van der Waals surface area contributed by atoms with E-state index in [0.29, 0.717) is 19.5 Å². The summed E-state index contributed by atoms with van der Waals surface area (Å²) in [5.74, 6) is 0.0520. The van der Waals surface area contributed by atoms with E-state index in [1.54, 1.807) is 12.5 Å². The molecule has 1 aromatic carbocycles. The van der Waals surface area contributed by atoms with Gasteiger partial charge in [-0.25, -0.2) is 4.98 Å². The summed E-state index contributed by atoms with van der Waals surface area (Å²) >= 11 is 0. The molecule has 2 rings (SSSR count). The van der Waals surface area contributed by atoms with Crippen LogP contribution >= 0.6 is 0 Å². The van der Waals surface area contributed by atoms with Crippen molar-refractivity contribution in [3.63, 3.8) is 0 Å². The van der Waals surface area contributed by atoms with Crippen molar-refractivity contribution in [2.45, 2.75) is 25.9 Å². The number of rotatable bonds is 7. The lowest BCUT2D eigenvalue weighted by Crippen LogP contribution is -2.26. The normalized spacial score (nSPS) is 10.4. The molecule has 0 saturated heterocycles. The number of nitrogens with two attached hydrogens (primary N) is 1. The maximum absolute atomic E-state index is 11.8. The molecule has 1 aromatic heterocycles. The van der Waals surface area contributed by atoms with Crippen LogP contribution in [0.4, 0.5) is 0 Å². The minimum Gasteiger partial charge on any atom is -0.356 e. The van der Waals surface area contributed by atoms with Gasteiger partial charge < -0.3 is 15.6 Å². The number of amides is 1. The van der Waals surface area contributed by atoms with Gasteiger partial charge in [0.15, 0.2) is 0 Å². The molecule has 5 heteroatoms. The zero-order valence-electron chi connectivity index (χ0n) is 11.5. The summed E-state index contributed by atoms with van der Waals surface area (Å²) in [5, 5.41) is 2.92. The maximum Gasteiger partial charge on any atom is 0.224 e. The van der Waals surface area contributed by atoms with Gasteiger partial charge in [-0.15, -0.1) is 0 Å². The predicted octanol–water partition coefficient (Wildman–Crippen LogP) is 1.09. The molecule has 20 heavy (non-hydrogen) atoms. The lowest BCUT2D eigenvalue weighted by molar-refractivity contribution is -0.120. The van der Waals surface area contributed by atoms with Crippen molar-refractivity contribution in [3.05, 3.63) is 54.1 Å². The van der Waals surface area contributed by atoms with Crippen molar-refractivity contribution in [2.24, 2.45) is 5.73 Å². The minimum atomic E-state index is 0.0520. The maximum atomic E-state index is 11.8. The standard InChI is InChI=1S/C15H20N4O/c16-11-14-4-2-13(3-5-14)10-15(20)18-6-1-8-19-9-7-17-12-19/h2-5,7,9,12H,1,6,8,10-11,16H2,(H,18,20). The predicted molar refractivity (Wildman–Crippen MR) is 77.9 cm³/mol. The third-order valence-corrected chi connectivity index (χ3v) is 3.10. The molecule has 0 bridgehead atoms. The second-order valence-corrected chi connectivity index (χ2v) is 4.70. The number of aromatic nitrogens is 2. The van der Waals surface area contributed by atoms with Gasteiger partial charge in [0.1, 0.15) is 0 Å². The molecule has 0 aliphatic heterocycles. The molecule has 1 amide bonds. The van der Waals surface area contributed by atoms with E-state index >= 15 is 0 Å². The smallest absolute Gasteiger partial charge is 0.224 e. The quantitative estimate of drug-likeness (QED) is 0.741. The second-order valence-electron chi connectivity index (χ2n) is 4.70. The van der Waals surface area contributed by atoms with Crippen LogP contribution in [0.2, 0.25) is 0 Å². The first kappa shape index (κ1) is 14.3. The van der Waals surface area contributed by atoms with E-state index in [-0.39, 0.29) is 5.91 Å². The first-order valence-corrected chi connectivity index (χ1v) is 6.78. The van der Waals surface area contributed by atoms with Crippen molar-refractivity contribution in [1.29, 1.82) is 0 Å². The molecular formula is C15H20N4O. The zero-order valence-corrected chi connectivity index (χ0v) is 11.5. The van der Waals surface area contributed by atoms with Gasteiger partial charge in [-0.3, -0.25) is 4.79 Å². The Kier molecular flexibility index (Phi) is 5.32. The number of benzene rings is 1. The van der Waals surface area contributed by atoms with Crippen molar-refractivity contribution < 1.29 is 4.79 Å². The summed E-state index contributed by atoms with van der Waals surface area (Å²) < 4.78 is 2.00. The fraction of sp³-hybridized carbons (Fsp3) is 0.333. The largest absolute Gasteiger partial charge is 0.356 e. The van der Waals surface area contributed by atoms with Crippen molar-refractivity contribution in [2.75, 3.05) is 6.54 Å².